The van der Waals surface area contributed by atoms with Crippen LogP contribution < -0.4 is 4.50 Å². The van der Waals surface area contributed by atoms with Crippen LogP contribution in [0.1, 0.15) is 79.1 Å². The number of nitrogens with zero attached hydrogens (tertiary/aromatic N) is 3. The zero-order valence-corrected chi connectivity index (χ0v) is 27.3. The van der Waals surface area contributed by atoms with Crippen molar-refractivity contribution in [2.24, 2.45) is 17.8 Å². The fraction of sp³-hybridized carbons (Fsp3) is 0.545. The number of benzene rings is 1. The summed E-state index contributed by atoms with van der Waals surface area (Å²) in [5, 5.41) is 1.18. The summed E-state index contributed by atoms with van der Waals surface area (Å²) in [5.74, 6) is 2.08. The number of fused-ring (bicyclic) bond motifs is 2. The third-order valence-corrected chi connectivity index (χ3v) is 16.4. The summed E-state index contributed by atoms with van der Waals surface area (Å²) in [7, 11) is -1.76. The topological polar surface area (TPSA) is 38.7 Å². The molecule has 0 atom stereocenters. The predicted octanol–water partition coefficient (Wildman–Crippen LogP) is 9.44. The molecule has 4 rings (SSSR count). The van der Waals surface area contributed by atoms with E-state index >= 15 is 0 Å². The lowest BCUT2D eigenvalue weighted by Crippen LogP contribution is -2.50. The summed E-state index contributed by atoms with van der Waals surface area (Å²) in [5.41, 5.74) is 8.23. The Kier molecular flexibility index (Phi) is 8.21. The molecule has 0 amide bonds. The van der Waals surface area contributed by atoms with Gasteiger partial charge in [-0.15, -0.1) is 11.3 Å². The van der Waals surface area contributed by atoms with Crippen molar-refractivity contribution in [2.45, 2.75) is 99.7 Å². The van der Waals surface area contributed by atoms with Crippen molar-refractivity contribution in [1.82, 2.24) is 15.0 Å². The van der Waals surface area contributed by atoms with Crippen LogP contribution in [0.5, 0.6) is 0 Å². The standard InChI is InChI=1S/C33H47N3SSi/c1-20(2)16-38(17-21(3)4,18-22(5)6)32-24(8)28-31(37-32)30(35-19-34-28)26-14-25-13-12-23(7)36-29(25)27(15-26)33(9,10)11/h12-15,19-22H,16-18H2,1-11H3. The zero-order chi connectivity index (χ0) is 28.0. The lowest BCUT2D eigenvalue weighted by atomic mass is 9.84. The van der Waals surface area contributed by atoms with Crippen molar-refractivity contribution in [3.63, 3.8) is 0 Å². The Bertz CT molecular complexity index is 1420. The lowest BCUT2D eigenvalue weighted by molar-refractivity contribution is 0.594. The minimum absolute atomic E-state index is 0.0222. The fourth-order valence-corrected chi connectivity index (χ4v) is 16.3. The smallest absolute Gasteiger partial charge is 0.116 e. The van der Waals surface area contributed by atoms with Crippen molar-refractivity contribution in [2.75, 3.05) is 0 Å². The zero-order valence-electron chi connectivity index (χ0n) is 25.5. The Morgan fingerprint density at radius 2 is 1.42 bits per heavy atom. The van der Waals surface area contributed by atoms with Gasteiger partial charge < -0.3 is 0 Å². The summed E-state index contributed by atoms with van der Waals surface area (Å²) in [6.07, 6.45) is 1.78. The number of pyridine rings is 1. The first kappa shape index (κ1) is 28.9. The molecule has 0 unspecified atom stereocenters. The highest BCUT2D eigenvalue weighted by atomic mass is 32.1. The van der Waals surface area contributed by atoms with E-state index in [1.165, 1.54) is 44.9 Å². The number of rotatable bonds is 8. The van der Waals surface area contributed by atoms with Crippen molar-refractivity contribution in [3.8, 4) is 11.3 Å². The van der Waals surface area contributed by atoms with E-state index in [-0.39, 0.29) is 5.41 Å². The molecule has 4 aromatic rings. The average Bonchev–Trinajstić information content (AvgIpc) is 3.13. The van der Waals surface area contributed by atoms with Gasteiger partial charge in [-0.2, -0.15) is 0 Å². The minimum Gasteiger partial charge on any atom is -0.253 e. The Balaban J connectivity index is 2.00. The van der Waals surface area contributed by atoms with E-state index < -0.39 is 8.07 Å². The van der Waals surface area contributed by atoms with Gasteiger partial charge in [0.05, 0.1) is 21.4 Å². The van der Waals surface area contributed by atoms with Crippen LogP contribution >= 0.6 is 11.3 Å². The Morgan fingerprint density at radius 1 is 0.816 bits per heavy atom. The SMILES string of the molecule is Cc1ccc2cc(-c3ncnc4c(C)c([Si](CC(C)C)(CC(C)C)CC(C)C)sc34)cc(C(C)(C)C)c2n1. The highest BCUT2D eigenvalue weighted by molar-refractivity contribution is 7.32. The van der Waals surface area contributed by atoms with Gasteiger partial charge in [0.15, 0.2) is 0 Å². The molecular formula is C33H47N3SSi. The van der Waals surface area contributed by atoms with Crippen LogP contribution in [0.4, 0.5) is 0 Å². The molecule has 3 aromatic heterocycles. The van der Waals surface area contributed by atoms with Gasteiger partial charge in [-0.05, 0) is 70.8 Å². The van der Waals surface area contributed by atoms with Crippen molar-refractivity contribution < 1.29 is 0 Å². The second kappa shape index (κ2) is 10.8. The molecule has 38 heavy (non-hydrogen) atoms. The van der Waals surface area contributed by atoms with Gasteiger partial charge in [0.1, 0.15) is 14.4 Å². The molecule has 204 valence electrons. The Hall–Kier alpha value is -2.11. The molecule has 5 heteroatoms. The number of thiophene rings is 1. The average molecular weight is 546 g/mol. The summed E-state index contributed by atoms with van der Waals surface area (Å²) in [6.45, 7) is 25.7. The predicted molar refractivity (Wildman–Crippen MR) is 171 cm³/mol. The van der Waals surface area contributed by atoms with E-state index in [4.69, 9.17) is 15.0 Å². The molecular weight excluding hydrogens is 499 g/mol. The molecule has 0 fully saturated rings. The van der Waals surface area contributed by atoms with Gasteiger partial charge in [0.2, 0.25) is 0 Å². The van der Waals surface area contributed by atoms with Gasteiger partial charge in [-0.25, -0.2) is 9.97 Å². The third-order valence-electron chi connectivity index (χ3n) is 7.60. The molecule has 0 N–H and O–H groups in total. The van der Waals surface area contributed by atoms with Crippen LogP contribution in [0.3, 0.4) is 0 Å². The van der Waals surface area contributed by atoms with Gasteiger partial charge in [-0.3, -0.25) is 4.98 Å². The van der Waals surface area contributed by atoms with Crippen molar-refractivity contribution in [1.29, 1.82) is 0 Å². The minimum atomic E-state index is -1.76. The van der Waals surface area contributed by atoms with Crippen LogP contribution in [0, 0.1) is 31.6 Å². The van der Waals surface area contributed by atoms with E-state index in [0.717, 1.165) is 22.4 Å². The van der Waals surface area contributed by atoms with E-state index in [2.05, 4.69) is 100 Å². The number of aryl methyl sites for hydroxylation is 2. The maximum Gasteiger partial charge on any atom is 0.116 e. The maximum absolute atomic E-state index is 4.95. The molecule has 3 heterocycles. The monoisotopic (exact) mass is 545 g/mol. The molecule has 0 aliphatic carbocycles. The van der Waals surface area contributed by atoms with E-state index in [1.807, 2.05) is 11.3 Å². The van der Waals surface area contributed by atoms with Gasteiger partial charge >= 0.3 is 0 Å². The fourth-order valence-electron chi connectivity index (χ4n) is 6.65. The highest BCUT2D eigenvalue weighted by Crippen LogP contribution is 2.40. The molecule has 3 nitrogen and oxygen atoms in total. The Morgan fingerprint density at radius 3 is 1.97 bits per heavy atom. The van der Waals surface area contributed by atoms with Crippen LogP contribution in [-0.2, 0) is 5.41 Å². The van der Waals surface area contributed by atoms with Crippen LogP contribution in [-0.4, -0.2) is 23.0 Å². The van der Waals surface area contributed by atoms with Gasteiger partial charge in [0, 0.05) is 16.6 Å². The molecule has 0 aliphatic heterocycles. The van der Waals surface area contributed by atoms with Gasteiger partial charge in [0.25, 0.3) is 0 Å². The summed E-state index contributed by atoms with van der Waals surface area (Å²) < 4.78 is 2.92. The molecule has 1 aromatic carbocycles. The first-order valence-corrected chi connectivity index (χ1v) is 17.8. The molecule has 0 saturated heterocycles. The number of aromatic nitrogens is 3. The Labute approximate surface area is 235 Å². The quantitative estimate of drug-likeness (QED) is 0.207. The molecule has 0 radical (unpaired) electrons. The van der Waals surface area contributed by atoms with Crippen molar-refractivity contribution in [3.05, 3.63) is 47.4 Å². The first-order chi connectivity index (χ1) is 17.7. The molecule has 0 saturated carbocycles. The second-order valence-corrected chi connectivity index (χ2v) is 19.5. The molecule has 0 bridgehead atoms. The maximum atomic E-state index is 4.95. The third kappa shape index (κ3) is 5.74. The first-order valence-electron chi connectivity index (χ1n) is 14.4. The van der Waals surface area contributed by atoms with Crippen LogP contribution in [0.15, 0.2) is 30.6 Å². The van der Waals surface area contributed by atoms with E-state index in [9.17, 15) is 0 Å². The normalized spacial score (nSPS) is 13.1. The second-order valence-electron chi connectivity index (χ2n) is 13.8. The van der Waals surface area contributed by atoms with Crippen LogP contribution in [0.2, 0.25) is 18.1 Å². The summed E-state index contributed by atoms with van der Waals surface area (Å²) in [6, 6.07) is 13.0. The summed E-state index contributed by atoms with van der Waals surface area (Å²) >= 11 is 2.02. The molecule has 0 aliphatic rings. The number of hydrogen-bond donors (Lipinski definition) is 0. The highest BCUT2D eigenvalue weighted by Gasteiger charge is 2.40. The summed E-state index contributed by atoms with van der Waals surface area (Å²) in [4.78, 5) is 14.8. The number of hydrogen-bond acceptors (Lipinski definition) is 4. The lowest BCUT2D eigenvalue weighted by Gasteiger charge is -2.36. The molecule has 0 spiro atoms. The van der Waals surface area contributed by atoms with E-state index in [1.54, 1.807) is 10.8 Å². The van der Waals surface area contributed by atoms with Crippen LogP contribution in [0.25, 0.3) is 32.4 Å². The van der Waals surface area contributed by atoms with Crippen molar-refractivity contribution >= 4 is 45.0 Å². The largest absolute Gasteiger partial charge is 0.253 e. The van der Waals surface area contributed by atoms with E-state index in [0.29, 0.717) is 17.8 Å². The van der Waals surface area contributed by atoms with Gasteiger partial charge in [-0.1, -0.05) is 86.5 Å².